The fourth-order valence-electron chi connectivity index (χ4n) is 1.86. The van der Waals surface area contributed by atoms with Crippen molar-refractivity contribution in [3.05, 3.63) is 35.8 Å². The number of thioether (sulfide) groups is 1. The molecule has 0 spiro atoms. The number of thiazole rings is 1. The maximum Gasteiger partial charge on any atom is 0.242 e. The Morgan fingerprint density at radius 3 is 2.84 bits per heavy atom. The summed E-state index contributed by atoms with van der Waals surface area (Å²) >= 11 is 3.35. The highest BCUT2D eigenvalue weighted by atomic mass is 32.2. The summed E-state index contributed by atoms with van der Waals surface area (Å²) in [7, 11) is 0. The SMILES string of the molecule is O=C(Nc1ccc(-c2nccs2)cc1)C1CSCN1. The molecule has 98 valence electrons. The molecule has 1 aliphatic rings. The van der Waals surface area contributed by atoms with E-state index < -0.39 is 0 Å². The van der Waals surface area contributed by atoms with Crippen molar-refractivity contribution in [3.8, 4) is 10.6 Å². The number of rotatable bonds is 3. The minimum Gasteiger partial charge on any atom is -0.325 e. The van der Waals surface area contributed by atoms with Crippen LogP contribution in [0.2, 0.25) is 0 Å². The average Bonchev–Trinajstić information content (AvgIpc) is 3.13. The molecule has 0 aliphatic carbocycles. The number of amides is 1. The summed E-state index contributed by atoms with van der Waals surface area (Å²) < 4.78 is 0. The predicted octanol–water partition coefficient (Wildman–Crippen LogP) is 2.41. The van der Waals surface area contributed by atoms with Crippen LogP contribution in [0.1, 0.15) is 0 Å². The second-order valence-corrected chi connectivity index (χ2v) is 6.10. The molecule has 2 heterocycles. The van der Waals surface area contributed by atoms with Gasteiger partial charge in [0.05, 0.1) is 6.04 Å². The Balaban J connectivity index is 1.67. The average molecular weight is 291 g/mol. The Hall–Kier alpha value is -1.37. The summed E-state index contributed by atoms with van der Waals surface area (Å²) in [6.45, 7) is 0. The second-order valence-electron chi connectivity index (χ2n) is 4.18. The van der Waals surface area contributed by atoms with Gasteiger partial charge in [0.2, 0.25) is 5.91 Å². The van der Waals surface area contributed by atoms with Gasteiger partial charge in [-0.05, 0) is 24.3 Å². The third-order valence-electron chi connectivity index (χ3n) is 2.86. The smallest absolute Gasteiger partial charge is 0.242 e. The third-order valence-corrected chi connectivity index (χ3v) is 4.63. The van der Waals surface area contributed by atoms with Crippen molar-refractivity contribution in [2.75, 3.05) is 16.9 Å². The van der Waals surface area contributed by atoms with Gasteiger partial charge in [0, 0.05) is 34.5 Å². The van der Waals surface area contributed by atoms with E-state index in [1.165, 1.54) is 0 Å². The highest BCUT2D eigenvalue weighted by Gasteiger charge is 2.22. The van der Waals surface area contributed by atoms with E-state index in [4.69, 9.17) is 0 Å². The van der Waals surface area contributed by atoms with Gasteiger partial charge in [-0.15, -0.1) is 23.1 Å². The van der Waals surface area contributed by atoms with Crippen molar-refractivity contribution < 1.29 is 4.79 Å². The van der Waals surface area contributed by atoms with Crippen LogP contribution in [0, 0.1) is 0 Å². The van der Waals surface area contributed by atoms with Gasteiger partial charge in [0.25, 0.3) is 0 Å². The molecule has 1 aromatic heterocycles. The molecule has 1 aromatic carbocycles. The molecule has 1 saturated heterocycles. The van der Waals surface area contributed by atoms with Gasteiger partial charge >= 0.3 is 0 Å². The van der Waals surface area contributed by atoms with Gasteiger partial charge < -0.3 is 5.32 Å². The van der Waals surface area contributed by atoms with Crippen molar-refractivity contribution >= 4 is 34.7 Å². The number of hydrogen-bond donors (Lipinski definition) is 2. The zero-order valence-corrected chi connectivity index (χ0v) is 11.8. The first-order valence-electron chi connectivity index (χ1n) is 5.95. The zero-order chi connectivity index (χ0) is 13.1. The van der Waals surface area contributed by atoms with Crippen LogP contribution >= 0.6 is 23.1 Å². The zero-order valence-electron chi connectivity index (χ0n) is 10.1. The molecule has 0 radical (unpaired) electrons. The van der Waals surface area contributed by atoms with Crippen LogP contribution in [-0.2, 0) is 4.79 Å². The van der Waals surface area contributed by atoms with Crippen molar-refractivity contribution in [3.63, 3.8) is 0 Å². The maximum absolute atomic E-state index is 11.9. The largest absolute Gasteiger partial charge is 0.325 e. The van der Waals surface area contributed by atoms with Crippen molar-refractivity contribution in [2.24, 2.45) is 0 Å². The molecule has 19 heavy (non-hydrogen) atoms. The Morgan fingerprint density at radius 2 is 2.21 bits per heavy atom. The second kappa shape index (κ2) is 5.73. The number of carbonyl (C=O) groups excluding carboxylic acids is 1. The Morgan fingerprint density at radius 1 is 1.37 bits per heavy atom. The molecule has 1 atom stereocenters. The fraction of sp³-hybridized carbons (Fsp3) is 0.231. The van der Waals surface area contributed by atoms with E-state index >= 15 is 0 Å². The van der Waals surface area contributed by atoms with Crippen LogP contribution < -0.4 is 10.6 Å². The Kier molecular flexibility index (Phi) is 3.82. The highest BCUT2D eigenvalue weighted by molar-refractivity contribution is 7.99. The van der Waals surface area contributed by atoms with E-state index in [1.807, 2.05) is 29.6 Å². The highest BCUT2D eigenvalue weighted by Crippen LogP contribution is 2.23. The number of nitrogens with one attached hydrogen (secondary N) is 2. The lowest BCUT2D eigenvalue weighted by atomic mass is 10.2. The molecule has 3 rings (SSSR count). The Labute approximate surface area is 119 Å². The summed E-state index contributed by atoms with van der Waals surface area (Å²) in [6, 6.07) is 7.70. The van der Waals surface area contributed by atoms with Crippen molar-refractivity contribution in [1.29, 1.82) is 0 Å². The normalized spacial score (nSPS) is 18.4. The van der Waals surface area contributed by atoms with Gasteiger partial charge in [0.15, 0.2) is 0 Å². The van der Waals surface area contributed by atoms with Gasteiger partial charge in [-0.25, -0.2) is 4.98 Å². The number of hydrogen-bond acceptors (Lipinski definition) is 5. The monoisotopic (exact) mass is 291 g/mol. The summed E-state index contributed by atoms with van der Waals surface area (Å²) in [6.07, 6.45) is 1.79. The van der Waals surface area contributed by atoms with Crippen molar-refractivity contribution in [2.45, 2.75) is 6.04 Å². The van der Waals surface area contributed by atoms with E-state index in [0.29, 0.717) is 0 Å². The molecular formula is C13H13N3OS2. The molecule has 2 aromatic rings. The molecule has 4 nitrogen and oxygen atoms in total. The molecule has 2 N–H and O–H groups in total. The number of aromatic nitrogens is 1. The number of carbonyl (C=O) groups is 1. The van der Waals surface area contributed by atoms with E-state index in [2.05, 4.69) is 15.6 Å². The quantitative estimate of drug-likeness (QED) is 0.912. The van der Waals surface area contributed by atoms with Gasteiger partial charge in [-0.2, -0.15) is 0 Å². The first kappa shape index (κ1) is 12.7. The summed E-state index contributed by atoms with van der Waals surface area (Å²) in [5.41, 5.74) is 1.89. The Bertz CT molecular complexity index is 548. The lowest BCUT2D eigenvalue weighted by Crippen LogP contribution is -2.37. The summed E-state index contributed by atoms with van der Waals surface area (Å²) in [5, 5.41) is 9.02. The van der Waals surface area contributed by atoms with Crippen LogP contribution in [0.25, 0.3) is 10.6 Å². The van der Waals surface area contributed by atoms with E-state index in [-0.39, 0.29) is 11.9 Å². The van der Waals surface area contributed by atoms with Gasteiger partial charge in [0.1, 0.15) is 5.01 Å². The molecule has 0 saturated carbocycles. The van der Waals surface area contributed by atoms with E-state index in [1.54, 1.807) is 29.3 Å². The van der Waals surface area contributed by atoms with Crippen LogP contribution in [0.15, 0.2) is 35.8 Å². The molecule has 1 unspecified atom stereocenters. The minimum atomic E-state index is -0.0800. The topological polar surface area (TPSA) is 54.0 Å². The third kappa shape index (κ3) is 2.97. The first-order valence-corrected chi connectivity index (χ1v) is 7.98. The standard InChI is InChI=1S/C13H13N3OS2/c17-12(11-7-18-8-15-11)16-10-3-1-9(2-4-10)13-14-5-6-19-13/h1-6,11,15H,7-8H2,(H,16,17). The van der Waals surface area contributed by atoms with Crippen LogP contribution in [-0.4, -0.2) is 28.6 Å². The molecule has 1 aliphatic heterocycles. The van der Waals surface area contributed by atoms with E-state index in [9.17, 15) is 4.79 Å². The van der Waals surface area contributed by atoms with Crippen LogP contribution in [0.3, 0.4) is 0 Å². The van der Waals surface area contributed by atoms with E-state index in [0.717, 1.165) is 27.9 Å². The maximum atomic E-state index is 11.9. The molecule has 6 heteroatoms. The van der Waals surface area contributed by atoms with Crippen molar-refractivity contribution in [1.82, 2.24) is 10.3 Å². The molecule has 1 fully saturated rings. The number of nitrogens with zero attached hydrogens (tertiary/aromatic N) is 1. The van der Waals surface area contributed by atoms with Crippen LogP contribution in [0.5, 0.6) is 0 Å². The number of anilines is 1. The van der Waals surface area contributed by atoms with Gasteiger partial charge in [-0.1, -0.05) is 0 Å². The molecule has 1 amide bonds. The minimum absolute atomic E-state index is 0.0343. The summed E-state index contributed by atoms with van der Waals surface area (Å²) in [5.74, 6) is 1.72. The number of benzene rings is 1. The van der Waals surface area contributed by atoms with Gasteiger partial charge in [-0.3, -0.25) is 10.1 Å². The predicted molar refractivity (Wildman–Crippen MR) is 80.4 cm³/mol. The fourth-order valence-corrected chi connectivity index (χ4v) is 3.44. The lowest BCUT2D eigenvalue weighted by Gasteiger charge is -2.10. The lowest BCUT2D eigenvalue weighted by molar-refractivity contribution is -0.117. The summed E-state index contributed by atoms with van der Waals surface area (Å²) in [4.78, 5) is 16.2. The first-order chi connectivity index (χ1) is 9.33. The molecular weight excluding hydrogens is 278 g/mol. The molecule has 0 bridgehead atoms. The van der Waals surface area contributed by atoms with Crippen LogP contribution in [0.4, 0.5) is 5.69 Å².